The highest BCUT2D eigenvalue weighted by Crippen LogP contribution is 2.54. The number of alkyl halides is 9. The van der Waals surface area contributed by atoms with E-state index in [0.717, 1.165) is 0 Å². The lowest BCUT2D eigenvalue weighted by Gasteiger charge is -2.34. The number of hydrogen-bond donors (Lipinski definition) is 0. The zero-order chi connectivity index (χ0) is 32.1. The molecule has 230 valence electrons. The van der Waals surface area contributed by atoms with E-state index in [0.29, 0.717) is 0 Å². The third-order valence-corrected chi connectivity index (χ3v) is 9.81. The summed E-state index contributed by atoms with van der Waals surface area (Å²) in [5.74, 6) is -14.8. The van der Waals surface area contributed by atoms with Gasteiger partial charge in [0.25, 0.3) is 0 Å². The van der Waals surface area contributed by atoms with Crippen molar-refractivity contribution in [2.75, 3.05) is 0 Å². The van der Waals surface area contributed by atoms with Crippen LogP contribution in [0.3, 0.4) is 0 Å². The lowest BCUT2D eigenvalue weighted by molar-refractivity contribution is -0.382. The molecule has 3 nitrogen and oxygen atoms in total. The first-order chi connectivity index (χ1) is 19.9. The van der Waals surface area contributed by atoms with Crippen LogP contribution in [-0.2, 0) is 21.0 Å². The molecule has 0 N–H and O–H groups in total. The van der Waals surface area contributed by atoms with Gasteiger partial charge in [-0.1, -0.05) is 78.5 Å². The molecular weight excluding hydrogens is 651 g/mol. The van der Waals surface area contributed by atoms with Crippen molar-refractivity contribution in [3.05, 3.63) is 115 Å². The van der Waals surface area contributed by atoms with Crippen molar-refractivity contribution < 1.29 is 52.5 Å². The second-order valence-corrected chi connectivity index (χ2v) is 12.9. The van der Waals surface area contributed by atoms with Gasteiger partial charge >= 0.3 is 23.3 Å². The Kier molecular flexibility index (Phi) is 10.6. The van der Waals surface area contributed by atoms with Crippen molar-refractivity contribution in [1.82, 2.24) is 0 Å². The highest BCUT2D eigenvalue weighted by molar-refractivity contribution is 8.01. The minimum atomic E-state index is -7.43. The number of hydrogen-bond acceptors (Lipinski definition) is 4. The SMILES string of the molecule is O=S(=O)([O-])C(F)(F)C(F)(F)C(F)(F)C(F)(F)F.c1ccc(Sc2ccccc2[S+](c2ccccc2)c2ccccc2)cc1. The van der Waals surface area contributed by atoms with Crippen molar-refractivity contribution in [1.29, 1.82) is 0 Å². The fraction of sp³-hybridized carbons (Fsp3) is 0.143. The van der Waals surface area contributed by atoms with Gasteiger partial charge < -0.3 is 4.55 Å². The van der Waals surface area contributed by atoms with Crippen molar-refractivity contribution in [2.24, 2.45) is 0 Å². The monoisotopic (exact) mass is 670 g/mol. The summed E-state index contributed by atoms with van der Waals surface area (Å²) >= 11 is 1.84. The number of benzene rings is 4. The predicted molar refractivity (Wildman–Crippen MR) is 143 cm³/mol. The molecule has 4 aromatic carbocycles. The average Bonchev–Trinajstić information content (AvgIpc) is 2.95. The lowest BCUT2D eigenvalue weighted by atomic mass is 10.1. The highest BCUT2D eigenvalue weighted by Gasteiger charge is 2.83. The molecule has 0 aliphatic rings. The summed E-state index contributed by atoms with van der Waals surface area (Å²) in [7, 11) is -7.54. The molecule has 4 rings (SSSR count). The average molecular weight is 671 g/mol. The van der Waals surface area contributed by atoms with Crippen LogP contribution in [0.2, 0.25) is 0 Å². The summed E-state index contributed by atoms with van der Waals surface area (Å²) in [6, 6.07) is 41.0. The standard InChI is InChI=1S/C24H19S2.C4HF9O3S/c1-4-12-20(13-5-1)25-23-18-10-11-19-24(23)26(21-14-6-2-7-15-21)22-16-8-3-9-17-22;5-1(6,3(9,10)11)2(7,8)4(12,13)17(14,15)16/h1-19H;(H,14,15,16)/q+1;/p-1. The molecule has 0 saturated carbocycles. The van der Waals surface area contributed by atoms with Gasteiger partial charge in [0.1, 0.15) is 10.9 Å². The van der Waals surface area contributed by atoms with Crippen LogP contribution in [0.5, 0.6) is 0 Å². The Morgan fingerprint density at radius 1 is 0.558 bits per heavy atom. The smallest absolute Gasteiger partial charge is 0.460 e. The van der Waals surface area contributed by atoms with E-state index in [1.807, 2.05) is 11.8 Å². The third kappa shape index (κ3) is 7.51. The third-order valence-electron chi connectivity index (χ3n) is 5.43. The maximum atomic E-state index is 12.2. The van der Waals surface area contributed by atoms with Crippen LogP contribution in [0.15, 0.2) is 140 Å². The fourth-order valence-electron chi connectivity index (χ4n) is 3.34. The van der Waals surface area contributed by atoms with Crippen molar-refractivity contribution in [3.8, 4) is 0 Å². The second-order valence-electron chi connectivity index (χ2n) is 8.41. The van der Waals surface area contributed by atoms with E-state index in [2.05, 4.69) is 115 Å². The molecule has 15 heteroatoms. The number of halogens is 9. The van der Waals surface area contributed by atoms with Gasteiger partial charge in [-0.05, 0) is 48.5 Å². The predicted octanol–water partition coefficient (Wildman–Crippen LogP) is 8.89. The molecular formula is C28H19F9O3S3. The van der Waals surface area contributed by atoms with E-state index in [9.17, 15) is 52.5 Å². The van der Waals surface area contributed by atoms with Gasteiger partial charge in [0.15, 0.2) is 24.8 Å². The minimum absolute atomic E-state index is 0.121. The van der Waals surface area contributed by atoms with Crippen LogP contribution in [0.1, 0.15) is 0 Å². The molecule has 4 aromatic rings. The molecule has 0 heterocycles. The molecule has 0 atom stereocenters. The summed E-state index contributed by atoms with van der Waals surface area (Å²) in [5.41, 5.74) is 0. The molecule has 0 radical (unpaired) electrons. The van der Waals surface area contributed by atoms with Gasteiger partial charge in [-0.25, -0.2) is 8.42 Å². The fourth-order valence-corrected chi connectivity index (χ4v) is 7.14. The van der Waals surface area contributed by atoms with Gasteiger partial charge in [-0.3, -0.25) is 0 Å². The maximum absolute atomic E-state index is 12.2. The molecule has 0 saturated heterocycles. The first kappa shape index (κ1) is 34.4. The van der Waals surface area contributed by atoms with Gasteiger partial charge in [0.05, 0.1) is 4.90 Å². The molecule has 43 heavy (non-hydrogen) atoms. The maximum Gasteiger partial charge on any atom is 0.460 e. The topological polar surface area (TPSA) is 57.2 Å². The van der Waals surface area contributed by atoms with E-state index in [1.54, 1.807) is 0 Å². The Labute approximate surface area is 247 Å². The number of rotatable bonds is 8. The van der Waals surface area contributed by atoms with Gasteiger partial charge in [0, 0.05) is 4.90 Å². The van der Waals surface area contributed by atoms with Crippen LogP contribution in [0.4, 0.5) is 39.5 Å². The Bertz CT molecular complexity index is 1550. The van der Waals surface area contributed by atoms with Crippen LogP contribution in [0.25, 0.3) is 0 Å². The lowest BCUT2D eigenvalue weighted by Crippen LogP contribution is -2.63. The Morgan fingerprint density at radius 3 is 1.37 bits per heavy atom. The molecule has 0 unspecified atom stereocenters. The van der Waals surface area contributed by atoms with Crippen LogP contribution in [0, 0.1) is 0 Å². The first-order valence-corrected chi connectivity index (χ1v) is 15.2. The van der Waals surface area contributed by atoms with E-state index >= 15 is 0 Å². The van der Waals surface area contributed by atoms with Crippen LogP contribution in [-0.4, -0.2) is 36.2 Å². The largest absolute Gasteiger partial charge is 0.743 e. The van der Waals surface area contributed by atoms with Crippen LogP contribution >= 0.6 is 11.8 Å². The van der Waals surface area contributed by atoms with Crippen LogP contribution < -0.4 is 0 Å². The summed E-state index contributed by atoms with van der Waals surface area (Å²) in [6.07, 6.45) is -7.16. The quantitative estimate of drug-likeness (QED) is 0.107. The van der Waals surface area contributed by atoms with Crippen molar-refractivity contribution >= 4 is 32.8 Å². The molecule has 0 aliphatic carbocycles. The summed E-state index contributed by atoms with van der Waals surface area (Å²) < 4.78 is 135. The minimum Gasteiger partial charge on any atom is -0.743 e. The summed E-state index contributed by atoms with van der Waals surface area (Å²) in [6.45, 7) is 0. The highest BCUT2D eigenvalue weighted by atomic mass is 32.2. The van der Waals surface area contributed by atoms with Crippen molar-refractivity contribution in [3.63, 3.8) is 0 Å². The molecule has 0 aliphatic heterocycles. The summed E-state index contributed by atoms with van der Waals surface area (Å²) in [4.78, 5) is 6.65. The van der Waals surface area contributed by atoms with E-state index in [1.165, 1.54) is 24.5 Å². The van der Waals surface area contributed by atoms with E-state index < -0.39 is 33.4 Å². The molecule has 0 aromatic heterocycles. The Morgan fingerprint density at radius 2 is 0.953 bits per heavy atom. The van der Waals surface area contributed by atoms with Gasteiger partial charge in [-0.15, -0.1) is 0 Å². The Hall–Kier alpha value is -3.14. The molecule has 0 spiro atoms. The van der Waals surface area contributed by atoms with Crippen molar-refractivity contribution in [2.45, 2.75) is 47.8 Å². The first-order valence-electron chi connectivity index (χ1n) is 11.7. The normalized spacial score (nSPS) is 12.9. The van der Waals surface area contributed by atoms with Gasteiger partial charge in [0.2, 0.25) is 0 Å². The Balaban J connectivity index is 0.000000261. The molecule has 0 amide bonds. The van der Waals surface area contributed by atoms with E-state index in [4.69, 9.17) is 0 Å². The zero-order valence-corrected chi connectivity index (χ0v) is 23.8. The molecule has 0 bridgehead atoms. The molecule has 0 fully saturated rings. The summed E-state index contributed by atoms with van der Waals surface area (Å²) in [5, 5.41) is -7.11. The van der Waals surface area contributed by atoms with Gasteiger partial charge in [-0.2, -0.15) is 39.5 Å². The van der Waals surface area contributed by atoms with E-state index in [-0.39, 0.29) is 10.9 Å². The zero-order valence-electron chi connectivity index (χ0n) is 21.3. The second kappa shape index (κ2) is 13.2.